The number of halogens is 1. The van der Waals surface area contributed by atoms with Gasteiger partial charge in [-0.25, -0.2) is 0 Å². The smallest absolute Gasteiger partial charge is 0.191 e. The van der Waals surface area contributed by atoms with Gasteiger partial charge >= 0.3 is 0 Å². The van der Waals surface area contributed by atoms with Crippen LogP contribution in [0.5, 0.6) is 5.75 Å². The Bertz CT molecular complexity index is 794. The van der Waals surface area contributed by atoms with Crippen LogP contribution in [0.2, 0.25) is 0 Å². The lowest BCUT2D eigenvalue weighted by Crippen LogP contribution is -2.38. The summed E-state index contributed by atoms with van der Waals surface area (Å²) in [6.07, 6.45) is 0.875. The van der Waals surface area contributed by atoms with E-state index in [4.69, 9.17) is 9.47 Å². The van der Waals surface area contributed by atoms with Crippen molar-refractivity contribution in [1.82, 2.24) is 15.5 Å². The van der Waals surface area contributed by atoms with Crippen molar-refractivity contribution in [2.75, 3.05) is 47.0 Å². The van der Waals surface area contributed by atoms with Crippen molar-refractivity contribution in [2.24, 2.45) is 4.99 Å². The van der Waals surface area contributed by atoms with Crippen LogP contribution in [0.4, 0.5) is 0 Å². The van der Waals surface area contributed by atoms with Crippen LogP contribution in [0, 0.1) is 0 Å². The summed E-state index contributed by atoms with van der Waals surface area (Å²) in [5.74, 6) is 1.73. The molecule has 1 aliphatic heterocycles. The van der Waals surface area contributed by atoms with Crippen LogP contribution in [-0.2, 0) is 24.2 Å². The zero-order chi connectivity index (χ0) is 20.3. The van der Waals surface area contributed by atoms with E-state index in [-0.39, 0.29) is 24.0 Å². The highest BCUT2D eigenvalue weighted by atomic mass is 127. The molecule has 0 aromatic heterocycles. The molecule has 0 saturated carbocycles. The normalized spacial score (nSPS) is 14.7. The van der Waals surface area contributed by atoms with Gasteiger partial charge in [0.05, 0.1) is 20.3 Å². The molecule has 0 atom stereocenters. The lowest BCUT2D eigenvalue weighted by atomic mass is 10.1. The molecular weight excluding hydrogens is 491 g/mol. The van der Waals surface area contributed by atoms with E-state index in [1.807, 2.05) is 18.2 Å². The number of hydrogen-bond donors (Lipinski definition) is 2. The Morgan fingerprint density at radius 2 is 1.83 bits per heavy atom. The zero-order valence-electron chi connectivity index (χ0n) is 17.9. The summed E-state index contributed by atoms with van der Waals surface area (Å²) < 4.78 is 10.8. The Morgan fingerprint density at radius 3 is 2.60 bits per heavy atom. The van der Waals surface area contributed by atoms with Crippen molar-refractivity contribution in [3.8, 4) is 5.75 Å². The van der Waals surface area contributed by atoms with Crippen molar-refractivity contribution in [3.63, 3.8) is 0 Å². The van der Waals surface area contributed by atoms with Gasteiger partial charge in [-0.3, -0.25) is 9.89 Å². The predicted molar refractivity (Wildman–Crippen MR) is 133 cm³/mol. The maximum absolute atomic E-state index is 5.43. The first-order chi connectivity index (χ1) is 14.3. The molecule has 0 spiro atoms. The number of nitrogens with zero attached hydrogens (tertiary/aromatic N) is 2. The summed E-state index contributed by atoms with van der Waals surface area (Å²) in [6.45, 7) is 6.18. The van der Waals surface area contributed by atoms with Gasteiger partial charge in [-0.2, -0.15) is 0 Å². The van der Waals surface area contributed by atoms with Crippen molar-refractivity contribution in [1.29, 1.82) is 0 Å². The summed E-state index contributed by atoms with van der Waals surface area (Å²) in [5, 5.41) is 6.79. The van der Waals surface area contributed by atoms with E-state index in [0.717, 1.165) is 64.1 Å². The molecular formula is C23H33IN4O2. The van der Waals surface area contributed by atoms with Gasteiger partial charge in [0.25, 0.3) is 0 Å². The van der Waals surface area contributed by atoms with Crippen LogP contribution in [0.3, 0.4) is 0 Å². The summed E-state index contributed by atoms with van der Waals surface area (Å²) in [5.41, 5.74) is 3.78. The van der Waals surface area contributed by atoms with Crippen LogP contribution < -0.4 is 15.4 Å². The summed E-state index contributed by atoms with van der Waals surface area (Å²) in [4.78, 5) is 6.77. The summed E-state index contributed by atoms with van der Waals surface area (Å²) in [7, 11) is 3.51. The minimum atomic E-state index is 0. The Labute approximate surface area is 197 Å². The molecule has 0 unspecified atom stereocenters. The summed E-state index contributed by atoms with van der Waals surface area (Å²) in [6, 6.07) is 16.9. The minimum absolute atomic E-state index is 0. The third-order valence-corrected chi connectivity index (χ3v) is 5.06. The van der Waals surface area contributed by atoms with E-state index >= 15 is 0 Å². The number of rotatable bonds is 8. The molecule has 1 fully saturated rings. The number of benzene rings is 2. The van der Waals surface area contributed by atoms with E-state index in [0.29, 0.717) is 0 Å². The highest BCUT2D eigenvalue weighted by Gasteiger charge is 2.11. The van der Waals surface area contributed by atoms with Gasteiger partial charge in [-0.1, -0.05) is 42.5 Å². The van der Waals surface area contributed by atoms with Crippen molar-refractivity contribution >= 4 is 29.9 Å². The van der Waals surface area contributed by atoms with E-state index in [1.54, 1.807) is 14.2 Å². The fraction of sp³-hybridized carbons (Fsp3) is 0.435. The molecule has 2 aromatic carbocycles. The van der Waals surface area contributed by atoms with Gasteiger partial charge in [-0.05, 0) is 29.2 Å². The van der Waals surface area contributed by atoms with Gasteiger partial charge in [0.15, 0.2) is 5.96 Å². The second-order valence-electron chi connectivity index (χ2n) is 7.12. The molecule has 0 radical (unpaired) electrons. The Morgan fingerprint density at radius 1 is 1.07 bits per heavy atom. The lowest BCUT2D eigenvalue weighted by molar-refractivity contribution is 0.0342. The molecule has 1 aliphatic rings. The molecule has 0 bridgehead atoms. The highest BCUT2D eigenvalue weighted by Crippen LogP contribution is 2.17. The Balaban J connectivity index is 0.00000320. The largest absolute Gasteiger partial charge is 0.496 e. The maximum atomic E-state index is 5.43. The van der Waals surface area contributed by atoms with E-state index in [2.05, 4.69) is 50.9 Å². The van der Waals surface area contributed by atoms with E-state index in [1.165, 1.54) is 16.7 Å². The number of aliphatic imine (C=N–C) groups is 1. The first-order valence-electron chi connectivity index (χ1n) is 10.2. The monoisotopic (exact) mass is 524 g/mol. The average molecular weight is 524 g/mol. The molecule has 0 amide bonds. The zero-order valence-corrected chi connectivity index (χ0v) is 20.2. The molecule has 2 aromatic rings. The molecule has 7 heteroatoms. The Kier molecular flexibility index (Phi) is 11.0. The fourth-order valence-corrected chi connectivity index (χ4v) is 3.49. The Hall–Kier alpha value is -1.84. The highest BCUT2D eigenvalue weighted by molar-refractivity contribution is 14.0. The van der Waals surface area contributed by atoms with E-state index < -0.39 is 0 Å². The molecule has 1 saturated heterocycles. The van der Waals surface area contributed by atoms with Gasteiger partial charge < -0.3 is 20.1 Å². The second kappa shape index (κ2) is 13.5. The molecule has 164 valence electrons. The molecule has 0 aliphatic carbocycles. The van der Waals surface area contributed by atoms with Gasteiger partial charge in [-0.15, -0.1) is 24.0 Å². The summed E-state index contributed by atoms with van der Waals surface area (Å²) >= 11 is 0. The van der Waals surface area contributed by atoms with Gasteiger partial charge in [0, 0.05) is 39.8 Å². The predicted octanol–water partition coefficient (Wildman–Crippen LogP) is 3.05. The van der Waals surface area contributed by atoms with Crippen molar-refractivity contribution < 1.29 is 9.47 Å². The third-order valence-electron chi connectivity index (χ3n) is 5.06. The first kappa shape index (κ1) is 24.4. The SMILES string of the molecule is CN=C(NCCc1ccccc1OC)NCc1cccc(CN2CCOCC2)c1.I. The van der Waals surface area contributed by atoms with Crippen LogP contribution >= 0.6 is 24.0 Å². The van der Waals surface area contributed by atoms with Crippen molar-refractivity contribution in [3.05, 3.63) is 65.2 Å². The maximum Gasteiger partial charge on any atom is 0.191 e. The quantitative estimate of drug-likeness (QED) is 0.316. The number of methoxy groups -OCH3 is 1. The number of nitrogens with one attached hydrogen (secondary N) is 2. The number of para-hydroxylation sites is 1. The van der Waals surface area contributed by atoms with Crippen LogP contribution in [0.25, 0.3) is 0 Å². The van der Waals surface area contributed by atoms with Crippen LogP contribution in [0.1, 0.15) is 16.7 Å². The van der Waals surface area contributed by atoms with Gasteiger partial charge in [0.1, 0.15) is 5.75 Å². The minimum Gasteiger partial charge on any atom is -0.496 e. The standard InChI is InChI=1S/C23H32N4O2.HI/c1-24-23(25-11-10-21-8-3-4-9-22(21)28-2)26-17-19-6-5-7-20(16-19)18-27-12-14-29-15-13-27;/h3-9,16H,10-15,17-18H2,1-2H3,(H2,24,25,26);1H. The number of guanidine groups is 1. The molecule has 2 N–H and O–H groups in total. The average Bonchev–Trinajstić information content (AvgIpc) is 2.77. The molecule has 1 heterocycles. The third kappa shape index (κ3) is 7.77. The van der Waals surface area contributed by atoms with Crippen LogP contribution in [-0.4, -0.2) is 57.9 Å². The van der Waals surface area contributed by atoms with E-state index in [9.17, 15) is 0 Å². The van der Waals surface area contributed by atoms with Gasteiger partial charge in [0.2, 0.25) is 0 Å². The molecule has 3 rings (SSSR count). The fourth-order valence-electron chi connectivity index (χ4n) is 3.49. The second-order valence-corrected chi connectivity index (χ2v) is 7.12. The molecule has 6 nitrogen and oxygen atoms in total. The van der Waals surface area contributed by atoms with Crippen molar-refractivity contribution in [2.45, 2.75) is 19.5 Å². The first-order valence-corrected chi connectivity index (χ1v) is 10.2. The lowest BCUT2D eigenvalue weighted by Gasteiger charge is -2.26. The van der Waals surface area contributed by atoms with Crippen LogP contribution in [0.15, 0.2) is 53.5 Å². The molecule has 30 heavy (non-hydrogen) atoms. The topological polar surface area (TPSA) is 58.1 Å². The number of hydrogen-bond acceptors (Lipinski definition) is 4. The number of morpholine rings is 1. The number of ether oxygens (including phenoxy) is 2.